The van der Waals surface area contributed by atoms with Gasteiger partial charge in [0.2, 0.25) is 0 Å². The van der Waals surface area contributed by atoms with Crippen molar-refractivity contribution in [2.45, 2.75) is 46.4 Å². The van der Waals surface area contributed by atoms with Crippen LogP contribution in [0, 0.1) is 5.92 Å². The molecule has 0 aliphatic carbocycles. The molecule has 7 nitrogen and oxygen atoms in total. The van der Waals surface area contributed by atoms with E-state index in [1.165, 1.54) is 0 Å². The van der Waals surface area contributed by atoms with E-state index in [1.54, 1.807) is 22.8 Å². The fraction of sp³-hybridized carbons (Fsp3) is 0.750. The van der Waals surface area contributed by atoms with Gasteiger partial charge in [-0.25, -0.2) is 4.79 Å². The molecule has 0 radical (unpaired) electrons. The van der Waals surface area contributed by atoms with E-state index in [2.05, 4.69) is 17.3 Å². The number of carbonyl (C=O) groups excluding carboxylic acids is 1. The molecule has 0 spiro atoms. The number of hydrogen-bond acceptors (Lipinski definition) is 5. The summed E-state index contributed by atoms with van der Waals surface area (Å²) in [6.07, 6.45) is 3.41. The van der Waals surface area contributed by atoms with Crippen LogP contribution < -0.4 is 5.32 Å². The number of hydrogen-bond donors (Lipinski definition) is 2. The maximum atomic E-state index is 11.9. The van der Waals surface area contributed by atoms with E-state index in [9.17, 15) is 4.79 Å². The predicted octanol–water partition coefficient (Wildman–Crippen LogP) is 1.47. The van der Waals surface area contributed by atoms with Gasteiger partial charge in [-0.05, 0) is 33.2 Å². The minimum atomic E-state index is -0.471. The van der Waals surface area contributed by atoms with Gasteiger partial charge in [0.15, 0.2) is 0 Å². The Balaban J connectivity index is 2.27. The van der Waals surface area contributed by atoms with E-state index in [1.807, 2.05) is 27.0 Å². The minimum absolute atomic E-state index is 0.0859. The van der Waals surface area contributed by atoms with E-state index >= 15 is 0 Å². The molecule has 0 bridgehead atoms. The Morgan fingerprint density at radius 3 is 2.83 bits per heavy atom. The Labute approximate surface area is 138 Å². The summed E-state index contributed by atoms with van der Waals surface area (Å²) in [5.74, 6) is 0.306. The van der Waals surface area contributed by atoms with Crippen molar-refractivity contribution in [1.82, 2.24) is 20.0 Å². The fourth-order valence-corrected chi connectivity index (χ4v) is 2.13. The normalized spacial score (nSPS) is 13.0. The van der Waals surface area contributed by atoms with E-state index in [-0.39, 0.29) is 12.7 Å². The summed E-state index contributed by atoms with van der Waals surface area (Å²) >= 11 is 0. The number of aromatic nitrogens is 2. The average molecular weight is 326 g/mol. The molecule has 0 aliphatic heterocycles. The molecule has 0 saturated heterocycles. The van der Waals surface area contributed by atoms with Gasteiger partial charge in [-0.2, -0.15) is 5.10 Å². The van der Waals surface area contributed by atoms with Crippen LogP contribution in [0.25, 0.3) is 0 Å². The lowest BCUT2D eigenvalue weighted by Crippen LogP contribution is -2.38. The van der Waals surface area contributed by atoms with Gasteiger partial charge in [-0.1, -0.05) is 6.92 Å². The van der Waals surface area contributed by atoms with Crippen LogP contribution >= 0.6 is 0 Å². The molecule has 7 heteroatoms. The topological polar surface area (TPSA) is 79.6 Å². The number of aliphatic hydroxyl groups excluding tert-OH is 1. The van der Waals surface area contributed by atoms with Gasteiger partial charge in [0.05, 0.1) is 19.3 Å². The van der Waals surface area contributed by atoms with Crippen molar-refractivity contribution < 1.29 is 14.6 Å². The summed E-state index contributed by atoms with van der Waals surface area (Å²) in [6, 6.07) is 0. The standard InChI is InChI=1S/C16H30N4O3/c1-13(11-19(5)15(22)23-16(2,3)4)8-17-9-14-10-18-20(12-14)6-7-21/h10,12-13,17,21H,6-9,11H2,1-5H3. The molecule has 0 aliphatic rings. The Morgan fingerprint density at radius 1 is 1.52 bits per heavy atom. The van der Waals surface area contributed by atoms with Crippen LogP contribution in [0.3, 0.4) is 0 Å². The van der Waals surface area contributed by atoms with Crippen molar-refractivity contribution in [3.63, 3.8) is 0 Å². The molecule has 1 aromatic heterocycles. The van der Waals surface area contributed by atoms with Gasteiger partial charge >= 0.3 is 6.09 Å². The van der Waals surface area contributed by atoms with Crippen LogP contribution in [-0.4, -0.2) is 58.2 Å². The lowest BCUT2D eigenvalue weighted by atomic mass is 10.1. The second kappa shape index (κ2) is 8.88. The third-order valence-electron chi connectivity index (χ3n) is 3.13. The maximum Gasteiger partial charge on any atom is 0.410 e. The zero-order valence-corrected chi connectivity index (χ0v) is 14.9. The third kappa shape index (κ3) is 7.99. The number of rotatable bonds is 8. The van der Waals surface area contributed by atoms with Crippen molar-refractivity contribution in [3.05, 3.63) is 18.0 Å². The van der Waals surface area contributed by atoms with E-state index in [0.29, 0.717) is 25.6 Å². The van der Waals surface area contributed by atoms with Crippen molar-refractivity contribution in [1.29, 1.82) is 0 Å². The van der Waals surface area contributed by atoms with Gasteiger partial charge in [0, 0.05) is 31.9 Å². The highest BCUT2D eigenvalue weighted by Crippen LogP contribution is 2.10. The molecule has 23 heavy (non-hydrogen) atoms. The highest BCUT2D eigenvalue weighted by Gasteiger charge is 2.20. The van der Waals surface area contributed by atoms with Crippen molar-refractivity contribution in [2.24, 2.45) is 5.92 Å². The highest BCUT2D eigenvalue weighted by atomic mass is 16.6. The molecule has 2 N–H and O–H groups in total. The summed E-state index contributed by atoms with van der Waals surface area (Å²) in [6.45, 7) is 10.4. The van der Waals surface area contributed by atoms with E-state index in [4.69, 9.17) is 9.84 Å². The number of nitrogens with zero attached hydrogens (tertiary/aromatic N) is 3. The molecule has 0 fully saturated rings. The molecule has 1 aromatic rings. The molecular formula is C16H30N4O3. The Kier molecular flexibility index (Phi) is 7.51. The molecule has 0 saturated carbocycles. The molecule has 1 unspecified atom stereocenters. The molecule has 1 heterocycles. The van der Waals surface area contributed by atoms with Crippen LogP contribution in [0.15, 0.2) is 12.4 Å². The first-order chi connectivity index (χ1) is 10.7. The zero-order chi connectivity index (χ0) is 17.5. The largest absolute Gasteiger partial charge is 0.444 e. The Hall–Kier alpha value is -1.60. The predicted molar refractivity (Wildman–Crippen MR) is 89.0 cm³/mol. The van der Waals surface area contributed by atoms with Crippen LogP contribution in [0.2, 0.25) is 0 Å². The third-order valence-corrected chi connectivity index (χ3v) is 3.13. The molecule has 1 rings (SSSR count). The summed E-state index contributed by atoms with van der Waals surface area (Å²) in [7, 11) is 1.75. The van der Waals surface area contributed by atoms with Crippen LogP contribution in [0.4, 0.5) is 4.79 Å². The van der Waals surface area contributed by atoms with Gasteiger partial charge < -0.3 is 20.1 Å². The van der Waals surface area contributed by atoms with Crippen molar-refractivity contribution in [3.8, 4) is 0 Å². The molecular weight excluding hydrogens is 296 g/mol. The lowest BCUT2D eigenvalue weighted by molar-refractivity contribution is 0.0277. The quantitative estimate of drug-likeness (QED) is 0.756. The smallest absolute Gasteiger partial charge is 0.410 e. The van der Waals surface area contributed by atoms with Gasteiger partial charge in [0.1, 0.15) is 5.60 Å². The second-order valence-electron chi connectivity index (χ2n) is 6.93. The average Bonchev–Trinajstić information content (AvgIpc) is 2.84. The number of nitrogens with one attached hydrogen (secondary N) is 1. The SMILES string of the molecule is CC(CNCc1cnn(CCO)c1)CN(C)C(=O)OC(C)(C)C. The second-order valence-corrected chi connectivity index (χ2v) is 6.93. The monoisotopic (exact) mass is 326 g/mol. The highest BCUT2D eigenvalue weighted by molar-refractivity contribution is 5.67. The fourth-order valence-electron chi connectivity index (χ4n) is 2.13. The summed E-state index contributed by atoms with van der Waals surface area (Å²) in [5.41, 5.74) is 0.604. The van der Waals surface area contributed by atoms with Crippen LogP contribution in [-0.2, 0) is 17.8 Å². The van der Waals surface area contributed by atoms with Crippen LogP contribution in [0.5, 0.6) is 0 Å². The van der Waals surface area contributed by atoms with Crippen molar-refractivity contribution >= 4 is 6.09 Å². The summed E-state index contributed by atoms with van der Waals surface area (Å²) < 4.78 is 7.05. The first-order valence-electron chi connectivity index (χ1n) is 7.98. The van der Waals surface area contributed by atoms with Gasteiger partial charge in [-0.3, -0.25) is 4.68 Å². The molecule has 132 valence electrons. The summed E-state index contributed by atoms with van der Waals surface area (Å²) in [4.78, 5) is 13.5. The van der Waals surface area contributed by atoms with Crippen LogP contribution in [0.1, 0.15) is 33.3 Å². The van der Waals surface area contributed by atoms with Gasteiger partial charge in [0.25, 0.3) is 0 Å². The van der Waals surface area contributed by atoms with E-state index in [0.717, 1.165) is 12.1 Å². The zero-order valence-electron chi connectivity index (χ0n) is 14.9. The number of amides is 1. The summed E-state index contributed by atoms with van der Waals surface area (Å²) in [5, 5.41) is 16.4. The Morgan fingerprint density at radius 2 is 2.22 bits per heavy atom. The minimum Gasteiger partial charge on any atom is -0.444 e. The number of ether oxygens (including phenoxy) is 1. The molecule has 1 amide bonds. The first kappa shape index (κ1) is 19.4. The number of aliphatic hydroxyl groups is 1. The van der Waals surface area contributed by atoms with E-state index < -0.39 is 5.60 Å². The molecule has 1 atom stereocenters. The number of carbonyl (C=O) groups is 1. The maximum absolute atomic E-state index is 11.9. The first-order valence-corrected chi connectivity index (χ1v) is 7.98. The lowest BCUT2D eigenvalue weighted by Gasteiger charge is -2.26. The van der Waals surface area contributed by atoms with Gasteiger partial charge in [-0.15, -0.1) is 0 Å². The van der Waals surface area contributed by atoms with Crippen molar-refractivity contribution in [2.75, 3.05) is 26.7 Å². The Bertz CT molecular complexity index is 482. The molecule has 0 aromatic carbocycles.